The standard InChI is InChI=1S/C23H25N3O5S/c1-15-3-5-18(6-4-15)32(28,29)31-12-17-9-19-16(2)26-22(21(11-24)20(19)10-17)30-13-23(7-8-23)25-14-27/h3-6,14,17H,7-10,12-13H2,1-2H3,(H,25,27). The monoisotopic (exact) mass is 455 g/mol. The third-order valence-corrected chi connectivity index (χ3v) is 7.45. The highest BCUT2D eigenvalue weighted by atomic mass is 32.2. The van der Waals surface area contributed by atoms with Crippen molar-refractivity contribution in [2.45, 2.75) is 50.0 Å². The molecule has 1 saturated carbocycles. The average molecular weight is 456 g/mol. The van der Waals surface area contributed by atoms with Crippen molar-refractivity contribution in [1.82, 2.24) is 10.3 Å². The van der Waals surface area contributed by atoms with E-state index in [1.807, 2.05) is 13.8 Å². The predicted molar refractivity (Wildman–Crippen MR) is 116 cm³/mol. The van der Waals surface area contributed by atoms with Crippen molar-refractivity contribution in [2.75, 3.05) is 13.2 Å². The number of amides is 1. The zero-order chi connectivity index (χ0) is 22.9. The van der Waals surface area contributed by atoms with Gasteiger partial charge in [-0.2, -0.15) is 13.7 Å². The first-order chi connectivity index (χ1) is 15.3. The lowest BCUT2D eigenvalue weighted by Gasteiger charge is -2.17. The molecule has 8 nitrogen and oxygen atoms in total. The summed E-state index contributed by atoms with van der Waals surface area (Å²) in [6, 6.07) is 8.73. The topological polar surface area (TPSA) is 118 Å². The first-order valence-electron chi connectivity index (χ1n) is 10.5. The third-order valence-electron chi connectivity index (χ3n) is 6.16. The Morgan fingerprint density at radius 2 is 1.91 bits per heavy atom. The van der Waals surface area contributed by atoms with E-state index in [0.717, 1.165) is 35.2 Å². The summed E-state index contributed by atoms with van der Waals surface area (Å²) in [7, 11) is -3.85. The van der Waals surface area contributed by atoms with E-state index in [4.69, 9.17) is 8.92 Å². The summed E-state index contributed by atoms with van der Waals surface area (Å²) in [5, 5.41) is 12.5. The Kier molecular flexibility index (Phi) is 5.93. The number of carbonyl (C=O) groups is 1. The molecule has 1 atom stereocenters. The van der Waals surface area contributed by atoms with E-state index >= 15 is 0 Å². The van der Waals surface area contributed by atoms with Gasteiger partial charge in [-0.3, -0.25) is 8.98 Å². The molecule has 168 valence electrons. The number of nitrogens with one attached hydrogen (secondary N) is 1. The second-order valence-electron chi connectivity index (χ2n) is 8.60. The van der Waals surface area contributed by atoms with Gasteiger partial charge in [-0.15, -0.1) is 0 Å². The zero-order valence-corrected chi connectivity index (χ0v) is 18.9. The molecule has 0 saturated heterocycles. The van der Waals surface area contributed by atoms with Crippen LogP contribution in [0.25, 0.3) is 0 Å². The molecule has 1 aromatic carbocycles. The molecule has 0 spiro atoms. The van der Waals surface area contributed by atoms with Crippen LogP contribution in [0.2, 0.25) is 0 Å². The van der Waals surface area contributed by atoms with Crippen molar-refractivity contribution in [3.63, 3.8) is 0 Å². The van der Waals surface area contributed by atoms with Crippen LogP contribution in [0.5, 0.6) is 5.88 Å². The molecule has 0 radical (unpaired) electrons. The van der Waals surface area contributed by atoms with Crippen molar-refractivity contribution in [2.24, 2.45) is 5.92 Å². The summed E-state index contributed by atoms with van der Waals surface area (Å²) in [6.07, 6.45) is 3.42. The molecule has 1 fully saturated rings. The fourth-order valence-electron chi connectivity index (χ4n) is 4.03. The number of nitrogens with zero attached hydrogens (tertiary/aromatic N) is 2. The highest BCUT2D eigenvalue weighted by molar-refractivity contribution is 7.86. The smallest absolute Gasteiger partial charge is 0.296 e. The van der Waals surface area contributed by atoms with Crippen LogP contribution >= 0.6 is 0 Å². The number of benzene rings is 1. The maximum absolute atomic E-state index is 12.5. The number of ether oxygens (including phenoxy) is 1. The van der Waals surface area contributed by atoms with E-state index in [9.17, 15) is 18.5 Å². The van der Waals surface area contributed by atoms with Crippen LogP contribution in [-0.4, -0.2) is 38.6 Å². The van der Waals surface area contributed by atoms with Crippen molar-refractivity contribution in [3.8, 4) is 11.9 Å². The van der Waals surface area contributed by atoms with Crippen molar-refractivity contribution < 1.29 is 22.1 Å². The minimum atomic E-state index is -3.85. The number of aromatic nitrogens is 1. The third kappa shape index (κ3) is 4.47. The fourth-order valence-corrected chi connectivity index (χ4v) is 5.01. The minimum Gasteiger partial charge on any atom is -0.474 e. The Bertz CT molecular complexity index is 1180. The van der Waals surface area contributed by atoms with Gasteiger partial charge in [0.15, 0.2) is 0 Å². The van der Waals surface area contributed by atoms with Gasteiger partial charge in [-0.25, -0.2) is 4.98 Å². The molecule has 32 heavy (non-hydrogen) atoms. The van der Waals surface area contributed by atoms with Crippen molar-refractivity contribution >= 4 is 16.5 Å². The number of rotatable bonds is 9. The van der Waals surface area contributed by atoms with Gasteiger partial charge in [0, 0.05) is 5.69 Å². The van der Waals surface area contributed by atoms with Crippen LogP contribution < -0.4 is 10.1 Å². The first kappa shape index (κ1) is 22.2. The molecule has 2 aromatic rings. The average Bonchev–Trinajstić information content (AvgIpc) is 3.39. The molecule has 1 N–H and O–H groups in total. The summed E-state index contributed by atoms with van der Waals surface area (Å²) in [5.74, 6) is 0.177. The number of carbonyl (C=O) groups excluding carboxylic acids is 1. The highest BCUT2D eigenvalue weighted by Gasteiger charge is 2.44. The summed E-state index contributed by atoms with van der Waals surface area (Å²) in [4.78, 5) is 15.4. The lowest BCUT2D eigenvalue weighted by atomic mass is 10.0. The molecule has 1 aromatic heterocycles. The molecule has 2 aliphatic carbocycles. The molecule has 1 amide bonds. The lowest BCUT2D eigenvalue weighted by molar-refractivity contribution is -0.110. The van der Waals surface area contributed by atoms with E-state index in [-0.39, 0.29) is 35.4 Å². The van der Waals surface area contributed by atoms with Gasteiger partial charge >= 0.3 is 0 Å². The minimum absolute atomic E-state index is 0.0256. The number of fused-ring (bicyclic) bond motifs is 1. The van der Waals surface area contributed by atoms with Gasteiger partial charge < -0.3 is 10.1 Å². The SMILES string of the molecule is Cc1ccc(S(=O)(=O)OCC2Cc3c(C)nc(OCC4(NC=O)CC4)c(C#N)c3C2)cc1. The molecule has 0 aliphatic heterocycles. The second kappa shape index (κ2) is 8.52. The van der Waals surface area contributed by atoms with Gasteiger partial charge in [0.05, 0.1) is 17.0 Å². The predicted octanol–water partition coefficient (Wildman–Crippen LogP) is 2.35. The Hall–Kier alpha value is -2.96. The Balaban J connectivity index is 1.46. The maximum Gasteiger partial charge on any atom is 0.296 e. The number of nitriles is 1. The van der Waals surface area contributed by atoms with E-state index in [1.165, 1.54) is 12.1 Å². The Morgan fingerprint density at radius 1 is 1.22 bits per heavy atom. The number of hydrogen-bond acceptors (Lipinski definition) is 7. The summed E-state index contributed by atoms with van der Waals surface area (Å²) >= 11 is 0. The summed E-state index contributed by atoms with van der Waals surface area (Å²) in [6.45, 7) is 4.03. The Labute approximate surface area is 187 Å². The molecule has 1 heterocycles. The fraction of sp³-hybridized carbons (Fsp3) is 0.435. The van der Waals surface area contributed by atoms with Gasteiger partial charge in [-0.05, 0) is 68.7 Å². The normalized spacial score (nSPS) is 18.5. The Morgan fingerprint density at radius 3 is 2.53 bits per heavy atom. The van der Waals surface area contributed by atoms with Crippen LogP contribution in [0.15, 0.2) is 29.2 Å². The van der Waals surface area contributed by atoms with Gasteiger partial charge in [-0.1, -0.05) is 17.7 Å². The number of aryl methyl sites for hydroxylation is 2. The second-order valence-corrected chi connectivity index (χ2v) is 10.2. The quantitative estimate of drug-likeness (QED) is 0.455. The highest BCUT2D eigenvalue weighted by Crippen LogP contribution is 2.38. The van der Waals surface area contributed by atoms with Crippen LogP contribution in [0, 0.1) is 31.1 Å². The van der Waals surface area contributed by atoms with Gasteiger partial charge in [0.1, 0.15) is 18.2 Å². The summed E-state index contributed by atoms with van der Waals surface area (Å²) < 4.78 is 36.2. The van der Waals surface area contributed by atoms with Crippen molar-refractivity contribution in [1.29, 1.82) is 5.26 Å². The van der Waals surface area contributed by atoms with Crippen LogP contribution in [-0.2, 0) is 31.9 Å². The molecular weight excluding hydrogens is 430 g/mol. The molecular formula is C23H25N3O5S. The van der Waals surface area contributed by atoms with E-state index < -0.39 is 10.1 Å². The summed E-state index contributed by atoms with van der Waals surface area (Å²) in [5.41, 5.74) is 3.51. The lowest BCUT2D eigenvalue weighted by Crippen LogP contribution is -2.36. The molecule has 1 unspecified atom stereocenters. The number of pyridine rings is 1. The molecule has 2 aliphatic rings. The van der Waals surface area contributed by atoms with Crippen LogP contribution in [0.3, 0.4) is 0 Å². The molecule has 9 heteroatoms. The van der Waals surface area contributed by atoms with Gasteiger partial charge in [0.25, 0.3) is 10.1 Å². The van der Waals surface area contributed by atoms with Crippen molar-refractivity contribution in [3.05, 3.63) is 52.2 Å². The maximum atomic E-state index is 12.5. The van der Waals surface area contributed by atoms with Crippen LogP contribution in [0.4, 0.5) is 0 Å². The van der Waals surface area contributed by atoms with E-state index in [1.54, 1.807) is 12.1 Å². The first-order valence-corrected chi connectivity index (χ1v) is 11.9. The van der Waals surface area contributed by atoms with Gasteiger partial charge in [0.2, 0.25) is 12.3 Å². The number of hydrogen-bond donors (Lipinski definition) is 1. The van der Waals surface area contributed by atoms with E-state index in [2.05, 4.69) is 16.4 Å². The van der Waals surface area contributed by atoms with Crippen LogP contribution in [0.1, 0.15) is 40.8 Å². The zero-order valence-electron chi connectivity index (χ0n) is 18.1. The van der Waals surface area contributed by atoms with E-state index in [0.29, 0.717) is 24.8 Å². The molecule has 4 rings (SSSR count). The molecule has 0 bridgehead atoms. The largest absolute Gasteiger partial charge is 0.474 e.